The standard InChI is InChI=1S/C19H22N6OS/c1-13-23-15(9-27-13)16(8-26)24-6-7-25(11-19(10-24)3-4-19)18-14-2-5-20-17(14)21-12-22-18/h2,5,8-9,12,16H,3-4,6-7,10-11H2,1H3,(H,20,21,22). The number of aryl methyl sites for hydroxylation is 1. The summed E-state index contributed by atoms with van der Waals surface area (Å²) in [6, 6.07) is 1.78. The van der Waals surface area contributed by atoms with Crippen molar-refractivity contribution in [1.29, 1.82) is 0 Å². The molecule has 3 aromatic heterocycles. The molecule has 0 radical (unpaired) electrons. The van der Waals surface area contributed by atoms with Crippen molar-refractivity contribution in [2.45, 2.75) is 25.8 Å². The molecule has 1 atom stereocenters. The van der Waals surface area contributed by atoms with Crippen LogP contribution in [0.2, 0.25) is 0 Å². The van der Waals surface area contributed by atoms with Gasteiger partial charge in [0.1, 0.15) is 30.1 Å². The number of aromatic nitrogens is 4. The normalized spacial score (nSPS) is 20.7. The van der Waals surface area contributed by atoms with Gasteiger partial charge in [-0.05, 0) is 25.8 Å². The van der Waals surface area contributed by atoms with Gasteiger partial charge in [-0.15, -0.1) is 11.3 Å². The van der Waals surface area contributed by atoms with Crippen LogP contribution in [-0.2, 0) is 4.79 Å². The van der Waals surface area contributed by atoms with Crippen LogP contribution in [0.1, 0.15) is 29.6 Å². The molecule has 2 aliphatic rings. The fourth-order valence-corrected chi connectivity index (χ4v) is 4.82. The smallest absolute Gasteiger partial charge is 0.143 e. The van der Waals surface area contributed by atoms with Crippen LogP contribution in [0.25, 0.3) is 11.0 Å². The molecular formula is C19H22N6OS. The Labute approximate surface area is 161 Å². The number of carbonyl (C=O) groups excluding carboxylic acids is 1. The minimum Gasteiger partial charge on any atom is -0.354 e. The molecular weight excluding hydrogens is 360 g/mol. The summed E-state index contributed by atoms with van der Waals surface area (Å²) in [7, 11) is 0. The van der Waals surface area contributed by atoms with Crippen LogP contribution in [0.3, 0.4) is 0 Å². The molecule has 0 amide bonds. The summed E-state index contributed by atoms with van der Waals surface area (Å²) in [6.45, 7) is 5.55. The van der Waals surface area contributed by atoms with Crippen molar-refractivity contribution >= 4 is 34.5 Å². The number of aromatic amines is 1. The highest BCUT2D eigenvalue weighted by Crippen LogP contribution is 2.49. The first-order valence-corrected chi connectivity index (χ1v) is 10.2. The lowest BCUT2D eigenvalue weighted by Gasteiger charge is -2.27. The maximum Gasteiger partial charge on any atom is 0.143 e. The van der Waals surface area contributed by atoms with Gasteiger partial charge in [-0.25, -0.2) is 15.0 Å². The minimum atomic E-state index is -0.259. The zero-order chi connectivity index (χ0) is 18.4. The lowest BCUT2D eigenvalue weighted by atomic mass is 10.1. The van der Waals surface area contributed by atoms with Crippen molar-refractivity contribution in [3.8, 4) is 0 Å². The predicted octanol–water partition coefficient (Wildman–Crippen LogP) is 2.57. The third kappa shape index (κ3) is 3.02. The molecule has 0 bridgehead atoms. The third-order valence-corrected chi connectivity index (χ3v) is 6.57. The van der Waals surface area contributed by atoms with Crippen molar-refractivity contribution < 1.29 is 4.79 Å². The first kappa shape index (κ1) is 16.8. The maximum absolute atomic E-state index is 11.9. The van der Waals surface area contributed by atoms with E-state index in [0.29, 0.717) is 0 Å². The summed E-state index contributed by atoms with van der Waals surface area (Å²) >= 11 is 1.61. The van der Waals surface area contributed by atoms with Gasteiger partial charge >= 0.3 is 0 Å². The van der Waals surface area contributed by atoms with E-state index < -0.39 is 0 Å². The number of rotatable bonds is 4. The molecule has 5 rings (SSSR count). The van der Waals surface area contributed by atoms with Crippen molar-refractivity contribution in [2.24, 2.45) is 5.41 Å². The van der Waals surface area contributed by atoms with E-state index in [4.69, 9.17) is 0 Å². The highest BCUT2D eigenvalue weighted by Gasteiger charge is 2.48. The van der Waals surface area contributed by atoms with Crippen LogP contribution in [0.5, 0.6) is 0 Å². The van der Waals surface area contributed by atoms with Crippen LogP contribution in [0.15, 0.2) is 24.0 Å². The topological polar surface area (TPSA) is 78.0 Å². The molecule has 1 aliphatic heterocycles. The highest BCUT2D eigenvalue weighted by atomic mass is 32.1. The fourth-order valence-electron chi connectivity index (χ4n) is 4.17. The second kappa shape index (κ2) is 6.38. The lowest BCUT2D eigenvalue weighted by Crippen LogP contribution is -2.35. The Balaban J connectivity index is 1.45. The Morgan fingerprint density at radius 3 is 2.93 bits per heavy atom. The van der Waals surface area contributed by atoms with E-state index in [2.05, 4.69) is 29.7 Å². The molecule has 2 fully saturated rings. The predicted molar refractivity (Wildman–Crippen MR) is 105 cm³/mol. The Bertz CT molecular complexity index is 977. The SMILES string of the molecule is Cc1nc(C(C=O)N2CCN(c3ncnc4[nH]ccc34)CC3(CC3)C2)cs1. The van der Waals surface area contributed by atoms with E-state index >= 15 is 0 Å². The molecule has 140 valence electrons. The summed E-state index contributed by atoms with van der Waals surface area (Å²) in [5, 5.41) is 4.08. The van der Waals surface area contributed by atoms with Crippen LogP contribution in [0, 0.1) is 12.3 Å². The first-order chi connectivity index (χ1) is 13.2. The number of fused-ring (bicyclic) bond motifs is 1. The number of hydrogen-bond donors (Lipinski definition) is 1. The van der Waals surface area contributed by atoms with Gasteiger partial charge in [0.15, 0.2) is 0 Å². The molecule has 1 aliphatic carbocycles. The minimum absolute atomic E-state index is 0.246. The van der Waals surface area contributed by atoms with Crippen molar-refractivity contribution in [2.75, 3.05) is 31.1 Å². The van der Waals surface area contributed by atoms with Crippen molar-refractivity contribution in [3.63, 3.8) is 0 Å². The zero-order valence-electron chi connectivity index (χ0n) is 15.3. The Morgan fingerprint density at radius 1 is 1.30 bits per heavy atom. The third-order valence-electron chi connectivity index (χ3n) is 5.77. The van der Waals surface area contributed by atoms with Gasteiger partial charge in [0.25, 0.3) is 0 Å². The summed E-state index contributed by atoms with van der Waals surface area (Å²) in [6.07, 6.45) is 6.98. The second-order valence-electron chi connectivity index (χ2n) is 7.70. The maximum atomic E-state index is 11.9. The molecule has 27 heavy (non-hydrogen) atoms. The summed E-state index contributed by atoms with van der Waals surface area (Å²) < 4.78 is 0. The lowest BCUT2D eigenvalue weighted by molar-refractivity contribution is -0.112. The molecule has 1 spiro atoms. The quantitative estimate of drug-likeness (QED) is 0.699. The Morgan fingerprint density at radius 2 is 2.19 bits per heavy atom. The summed E-state index contributed by atoms with van der Waals surface area (Å²) in [5.41, 5.74) is 2.00. The van der Waals surface area contributed by atoms with Gasteiger partial charge in [-0.2, -0.15) is 0 Å². The van der Waals surface area contributed by atoms with Gasteiger partial charge in [-0.1, -0.05) is 0 Å². The van der Waals surface area contributed by atoms with E-state index in [1.165, 1.54) is 12.8 Å². The molecule has 3 aromatic rings. The number of nitrogens with zero attached hydrogens (tertiary/aromatic N) is 5. The molecule has 1 saturated carbocycles. The summed E-state index contributed by atoms with van der Waals surface area (Å²) in [5.74, 6) is 0.988. The Hall–Kier alpha value is -2.32. The molecule has 4 heterocycles. The highest BCUT2D eigenvalue weighted by molar-refractivity contribution is 7.09. The average molecular weight is 382 g/mol. The van der Waals surface area contributed by atoms with Crippen LogP contribution < -0.4 is 4.90 Å². The number of H-pyrrole nitrogens is 1. The molecule has 1 N–H and O–H groups in total. The number of hydrogen-bond acceptors (Lipinski definition) is 7. The van der Waals surface area contributed by atoms with Gasteiger partial charge in [-0.3, -0.25) is 4.90 Å². The second-order valence-corrected chi connectivity index (χ2v) is 8.76. The van der Waals surface area contributed by atoms with Crippen molar-refractivity contribution in [1.82, 2.24) is 24.8 Å². The summed E-state index contributed by atoms with van der Waals surface area (Å²) in [4.78, 5) is 33.3. The molecule has 1 unspecified atom stereocenters. The van der Waals surface area contributed by atoms with Crippen LogP contribution in [0.4, 0.5) is 5.82 Å². The van der Waals surface area contributed by atoms with E-state index in [0.717, 1.165) is 60.0 Å². The molecule has 1 saturated heterocycles. The van der Waals surface area contributed by atoms with Gasteiger partial charge in [0.2, 0.25) is 0 Å². The van der Waals surface area contributed by atoms with E-state index in [1.54, 1.807) is 17.7 Å². The monoisotopic (exact) mass is 382 g/mol. The van der Waals surface area contributed by atoms with Gasteiger partial charge in [0.05, 0.1) is 16.1 Å². The molecule has 0 aromatic carbocycles. The number of thiazole rings is 1. The van der Waals surface area contributed by atoms with Crippen LogP contribution >= 0.6 is 11.3 Å². The number of aldehydes is 1. The molecule has 8 heteroatoms. The van der Waals surface area contributed by atoms with E-state index in [-0.39, 0.29) is 11.5 Å². The number of carbonyl (C=O) groups is 1. The van der Waals surface area contributed by atoms with Gasteiger partial charge < -0.3 is 14.7 Å². The van der Waals surface area contributed by atoms with Crippen molar-refractivity contribution in [3.05, 3.63) is 34.7 Å². The van der Waals surface area contributed by atoms with Crippen LogP contribution in [-0.4, -0.2) is 57.3 Å². The first-order valence-electron chi connectivity index (χ1n) is 9.32. The number of anilines is 1. The fraction of sp³-hybridized carbons (Fsp3) is 0.474. The van der Waals surface area contributed by atoms with E-state index in [1.807, 2.05) is 24.6 Å². The van der Waals surface area contributed by atoms with Gasteiger partial charge in [0, 0.05) is 43.2 Å². The largest absolute Gasteiger partial charge is 0.354 e. The Kier molecular flexibility index (Phi) is 3.98. The number of nitrogens with one attached hydrogen (secondary N) is 1. The van der Waals surface area contributed by atoms with E-state index in [9.17, 15) is 4.79 Å². The zero-order valence-corrected chi connectivity index (χ0v) is 16.1. The molecule has 7 nitrogen and oxygen atoms in total. The average Bonchev–Trinajstić information content (AvgIpc) is 3.08.